The highest BCUT2D eigenvalue weighted by molar-refractivity contribution is 5.69. The van der Waals surface area contributed by atoms with Crippen molar-refractivity contribution in [2.45, 2.75) is 20.3 Å². The molecular formula is C10H16N2O3. The third-order valence-corrected chi connectivity index (χ3v) is 2.22. The molecule has 0 bridgehead atoms. The maximum atomic E-state index is 10.9. The van der Waals surface area contributed by atoms with Gasteiger partial charge in [0.05, 0.1) is 25.8 Å². The van der Waals surface area contributed by atoms with E-state index in [2.05, 4.69) is 9.84 Å². The second-order valence-electron chi connectivity index (χ2n) is 3.30. The highest BCUT2D eigenvalue weighted by Crippen LogP contribution is 2.21. The van der Waals surface area contributed by atoms with E-state index in [0.29, 0.717) is 6.61 Å². The Morgan fingerprint density at radius 1 is 1.47 bits per heavy atom. The van der Waals surface area contributed by atoms with Crippen LogP contribution in [0.1, 0.15) is 17.8 Å². The zero-order chi connectivity index (χ0) is 11.4. The van der Waals surface area contributed by atoms with Crippen LogP contribution in [0.25, 0.3) is 0 Å². The summed E-state index contributed by atoms with van der Waals surface area (Å²) in [4.78, 5) is 10.9. The molecule has 0 spiro atoms. The molecule has 0 aliphatic heterocycles. The molecule has 1 heterocycles. The summed E-state index contributed by atoms with van der Waals surface area (Å²) >= 11 is 0. The molecule has 0 aliphatic carbocycles. The zero-order valence-corrected chi connectivity index (χ0v) is 9.53. The Balaban J connectivity index is 2.54. The molecule has 0 fully saturated rings. The monoisotopic (exact) mass is 212 g/mol. The fraction of sp³-hybridized carbons (Fsp3) is 0.600. The lowest BCUT2D eigenvalue weighted by Gasteiger charge is -2.05. The molecule has 0 saturated heterocycles. The fourth-order valence-corrected chi connectivity index (χ4v) is 1.30. The molecule has 5 heteroatoms. The van der Waals surface area contributed by atoms with Crippen LogP contribution in [0, 0.1) is 13.8 Å². The first-order chi connectivity index (χ1) is 7.06. The van der Waals surface area contributed by atoms with Crippen molar-refractivity contribution in [1.82, 2.24) is 9.78 Å². The van der Waals surface area contributed by atoms with Crippen molar-refractivity contribution < 1.29 is 14.3 Å². The number of carbonyl (C=O) groups is 1. The van der Waals surface area contributed by atoms with Crippen molar-refractivity contribution in [3.8, 4) is 5.75 Å². The average Bonchev–Trinajstić information content (AvgIpc) is 2.44. The number of aryl methyl sites for hydroxylation is 2. The number of rotatable bonds is 4. The Hall–Kier alpha value is -1.52. The molecule has 0 N–H and O–H groups in total. The van der Waals surface area contributed by atoms with Crippen LogP contribution in [-0.2, 0) is 16.6 Å². The lowest BCUT2D eigenvalue weighted by atomic mass is 10.3. The quantitative estimate of drug-likeness (QED) is 0.698. The van der Waals surface area contributed by atoms with Crippen molar-refractivity contribution in [3.05, 3.63) is 11.4 Å². The topological polar surface area (TPSA) is 53.4 Å². The SMILES string of the molecule is COC(=O)CCOc1c(C)nn(C)c1C. The first-order valence-corrected chi connectivity index (χ1v) is 4.76. The summed E-state index contributed by atoms with van der Waals surface area (Å²) in [5.74, 6) is 0.482. The van der Waals surface area contributed by atoms with Gasteiger partial charge in [0.25, 0.3) is 0 Å². The van der Waals surface area contributed by atoms with E-state index in [-0.39, 0.29) is 12.4 Å². The standard InChI is InChI=1S/C10H16N2O3/c1-7-10(8(2)12(3)11-7)15-6-5-9(13)14-4/h5-6H2,1-4H3. The molecule has 0 atom stereocenters. The van der Waals surface area contributed by atoms with Gasteiger partial charge >= 0.3 is 5.97 Å². The second kappa shape index (κ2) is 4.82. The number of aromatic nitrogens is 2. The van der Waals surface area contributed by atoms with Gasteiger partial charge in [0.15, 0.2) is 5.75 Å². The van der Waals surface area contributed by atoms with Gasteiger partial charge in [-0.2, -0.15) is 5.10 Å². The number of nitrogens with zero attached hydrogens (tertiary/aromatic N) is 2. The minimum Gasteiger partial charge on any atom is -0.489 e. The predicted molar refractivity (Wildman–Crippen MR) is 54.8 cm³/mol. The maximum absolute atomic E-state index is 10.9. The van der Waals surface area contributed by atoms with Crippen LogP contribution in [0.5, 0.6) is 5.75 Å². The predicted octanol–water partition coefficient (Wildman–Crippen LogP) is 0.979. The van der Waals surface area contributed by atoms with E-state index in [1.54, 1.807) is 4.68 Å². The lowest BCUT2D eigenvalue weighted by molar-refractivity contribution is -0.141. The normalized spacial score (nSPS) is 10.1. The number of hydrogen-bond acceptors (Lipinski definition) is 4. The van der Waals surface area contributed by atoms with Crippen LogP contribution < -0.4 is 4.74 Å². The van der Waals surface area contributed by atoms with Crippen LogP contribution in [0.4, 0.5) is 0 Å². The van der Waals surface area contributed by atoms with Crippen molar-refractivity contribution >= 4 is 5.97 Å². The van der Waals surface area contributed by atoms with E-state index >= 15 is 0 Å². The molecule has 1 rings (SSSR count). The second-order valence-corrected chi connectivity index (χ2v) is 3.30. The Kier molecular flexibility index (Phi) is 3.71. The van der Waals surface area contributed by atoms with Gasteiger partial charge in [-0.3, -0.25) is 9.48 Å². The Morgan fingerprint density at radius 2 is 2.13 bits per heavy atom. The highest BCUT2D eigenvalue weighted by Gasteiger charge is 2.11. The fourth-order valence-electron chi connectivity index (χ4n) is 1.30. The molecule has 0 saturated carbocycles. The third kappa shape index (κ3) is 2.71. The van der Waals surface area contributed by atoms with E-state index in [4.69, 9.17) is 4.74 Å². The number of hydrogen-bond donors (Lipinski definition) is 0. The van der Waals surface area contributed by atoms with E-state index in [9.17, 15) is 4.79 Å². The zero-order valence-electron chi connectivity index (χ0n) is 9.53. The summed E-state index contributed by atoms with van der Waals surface area (Å²) in [7, 11) is 3.22. The largest absolute Gasteiger partial charge is 0.489 e. The summed E-state index contributed by atoms with van der Waals surface area (Å²) in [6, 6.07) is 0. The van der Waals surface area contributed by atoms with E-state index in [0.717, 1.165) is 17.1 Å². The lowest BCUT2D eigenvalue weighted by Crippen LogP contribution is -2.08. The molecule has 0 radical (unpaired) electrons. The van der Waals surface area contributed by atoms with Crippen molar-refractivity contribution in [2.75, 3.05) is 13.7 Å². The smallest absolute Gasteiger partial charge is 0.308 e. The molecule has 5 nitrogen and oxygen atoms in total. The number of esters is 1. The van der Waals surface area contributed by atoms with E-state index in [1.165, 1.54) is 7.11 Å². The van der Waals surface area contributed by atoms with E-state index in [1.807, 2.05) is 20.9 Å². The Labute approximate surface area is 89.0 Å². The average molecular weight is 212 g/mol. The van der Waals surface area contributed by atoms with Crippen LogP contribution in [0.3, 0.4) is 0 Å². The van der Waals surface area contributed by atoms with Crippen molar-refractivity contribution in [1.29, 1.82) is 0 Å². The summed E-state index contributed by atoms with van der Waals surface area (Å²) in [5.41, 5.74) is 1.79. The summed E-state index contributed by atoms with van der Waals surface area (Å²) in [6.07, 6.45) is 0.254. The minimum absolute atomic E-state index is 0.254. The van der Waals surface area contributed by atoms with Gasteiger partial charge in [0.2, 0.25) is 0 Å². The van der Waals surface area contributed by atoms with Gasteiger partial charge in [-0.1, -0.05) is 0 Å². The summed E-state index contributed by atoms with van der Waals surface area (Å²) in [6.45, 7) is 4.12. The maximum Gasteiger partial charge on any atom is 0.308 e. The molecule has 0 amide bonds. The number of ether oxygens (including phenoxy) is 2. The molecular weight excluding hydrogens is 196 g/mol. The number of methoxy groups -OCH3 is 1. The number of carbonyl (C=O) groups excluding carboxylic acids is 1. The molecule has 0 unspecified atom stereocenters. The summed E-state index contributed by atoms with van der Waals surface area (Å²) < 4.78 is 11.7. The molecule has 0 aliphatic rings. The van der Waals surface area contributed by atoms with E-state index < -0.39 is 0 Å². The van der Waals surface area contributed by atoms with Crippen LogP contribution in [-0.4, -0.2) is 29.5 Å². The van der Waals surface area contributed by atoms with Gasteiger partial charge in [-0.25, -0.2) is 0 Å². The molecule has 1 aromatic rings. The van der Waals surface area contributed by atoms with Gasteiger partial charge in [0, 0.05) is 7.05 Å². The Bertz CT molecular complexity index is 358. The molecule has 1 aromatic heterocycles. The minimum atomic E-state index is -0.269. The first-order valence-electron chi connectivity index (χ1n) is 4.76. The Morgan fingerprint density at radius 3 is 2.60 bits per heavy atom. The van der Waals surface area contributed by atoms with Gasteiger partial charge in [-0.05, 0) is 13.8 Å². The van der Waals surface area contributed by atoms with Crippen LogP contribution in [0.15, 0.2) is 0 Å². The highest BCUT2D eigenvalue weighted by atomic mass is 16.5. The first kappa shape index (κ1) is 11.6. The van der Waals surface area contributed by atoms with Gasteiger partial charge in [-0.15, -0.1) is 0 Å². The van der Waals surface area contributed by atoms with Gasteiger partial charge < -0.3 is 9.47 Å². The van der Waals surface area contributed by atoms with Crippen molar-refractivity contribution in [3.63, 3.8) is 0 Å². The molecule has 0 aromatic carbocycles. The van der Waals surface area contributed by atoms with Crippen LogP contribution in [0.2, 0.25) is 0 Å². The molecule has 84 valence electrons. The summed E-state index contributed by atoms with van der Waals surface area (Å²) in [5, 5.41) is 4.20. The van der Waals surface area contributed by atoms with Gasteiger partial charge in [0.1, 0.15) is 5.69 Å². The van der Waals surface area contributed by atoms with Crippen molar-refractivity contribution in [2.24, 2.45) is 7.05 Å². The van der Waals surface area contributed by atoms with Crippen LogP contribution >= 0.6 is 0 Å². The third-order valence-electron chi connectivity index (χ3n) is 2.22. The molecule has 15 heavy (non-hydrogen) atoms.